The molecule has 0 aromatic rings. The molecule has 9 heteroatoms. The van der Waals surface area contributed by atoms with Crippen LogP contribution in [0.1, 0.15) is 110 Å². The zero-order valence-electron chi connectivity index (χ0n) is 24.3. The molecule has 1 aliphatic rings. The van der Waals surface area contributed by atoms with Gasteiger partial charge in [-0.1, -0.05) is 77.4 Å². The largest absolute Gasteiger partial charge is 0.465 e. The summed E-state index contributed by atoms with van der Waals surface area (Å²) in [5.74, 6) is -0.327. The van der Waals surface area contributed by atoms with E-state index in [4.69, 9.17) is 14.2 Å². The number of ether oxygens (including phenoxy) is 3. The molecule has 1 rings (SSSR count). The molecule has 0 aromatic carbocycles. The molecule has 0 amide bonds. The third-order valence-corrected chi connectivity index (χ3v) is 7.67. The first kappa shape index (κ1) is 36.0. The molecule has 0 aromatic heterocycles. The minimum absolute atomic E-state index is 0.0542. The molecule has 0 bridgehead atoms. The van der Waals surface area contributed by atoms with Crippen molar-refractivity contribution in [1.82, 2.24) is 0 Å². The highest BCUT2D eigenvalue weighted by Crippen LogP contribution is 2.27. The van der Waals surface area contributed by atoms with Gasteiger partial charge in [-0.15, -0.1) is 0 Å². The zero-order valence-corrected chi connectivity index (χ0v) is 24.3. The third kappa shape index (κ3) is 14.4. The van der Waals surface area contributed by atoms with Crippen molar-refractivity contribution in [1.29, 1.82) is 0 Å². The second kappa shape index (κ2) is 21.6. The van der Waals surface area contributed by atoms with E-state index in [1.54, 1.807) is 0 Å². The van der Waals surface area contributed by atoms with E-state index in [0.717, 1.165) is 32.1 Å². The number of carbonyl (C=O) groups excluding carboxylic acids is 1. The Labute approximate surface area is 235 Å². The minimum Gasteiger partial charge on any atom is -0.465 e. The predicted molar refractivity (Wildman–Crippen MR) is 150 cm³/mol. The van der Waals surface area contributed by atoms with Crippen molar-refractivity contribution in [3.63, 3.8) is 0 Å². The number of unbranched alkanes of at least 4 members (excludes halogenated alkanes) is 11. The number of allylic oxidation sites excluding steroid dienone is 2. The fraction of sp³-hybridized carbons (Fsp3) is 0.900. The lowest BCUT2D eigenvalue weighted by Crippen LogP contribution is -2.59. The highest BCUT2D eigenvalue weighted by Gasteiger charge is 2.45. The lowest BCUT2D eigenvalue weighted by atomic mass is 9.88. The lowest BCUT2D eigenvalue weighted by Gasteiger charge is -2.41. The van der Waals surface area contributed by atoms with Gasteiger partial charge in [-0.25, -0.2) is 0 Å². The Morgan fingerprint density at radius 3 is 1.95 bits per heavy atom. The second-order valence-electron chi connectivity index (χ2n) is 11.0. The highest BCUT2D eigenvalue weighted by molar-refractivity contribution is 5.69. The summed E-state index contributed by atoms with van der Waals surface area (Å²) in [5, 5.41) is 49.3. The molecule has 0 aliphatic carbocycles. The molecular weight excluding hydrogens is 504 g/mol. The van der Waals surface area contributed by atoms with Crippen molar-refractivity contribution in [2.45, 2.75) is 141 Å². The molecule has 1 fully saturated rings. The van der Waals surface area contributed by atoms with Gasteiger partial charge in [0.25, 0.3) is 0 Å². The van der Waals surface area contributed by atoms with E-state index in [1.165, 1.54) is 51.4 Å². The van der Waals surface area contributed by atoms with Crippen molar-refractivity contribution in [3.05, 3.63) is 12.2 Å². The summed E-state index contributed by atoms with van der Waals surface area (Å²) in [4.78, 5) is 12.3. The molecule has 39 heavy (non-hydrogen) atoms. The van der Waals surface area contributed by atoms with Gasteiger partial charge in [0.1, 0.15) is 31.0 Å². The van der Waals surface area contributed by atoms with Crippen molar-refractivity contribution in [2.75, 3.05) is 26.4 Å². The summed E-state index contributed by atoms with van der Waals surface area (Å²) in [6.07, 6.45) is 13.8. The average Bonchev–Trinajstić information content (AvgIpc) is 2.95. The first-order valence-electron chi connectivity index (χ1n) is 15.2. The maximum absolute atomic E-state index is 12.3. The number of aliphatic hydroxyl groups excluding tert-OH is 5. The van der Waals surface area contributed by atoms with Crippen LogP contribution in [0.5, 0.6) is 0 Å². The molecule has 1 saturated heterocycles. The first-order valence-corrected chi connectivity index (χ1v) is 15.2. The van der Waals surface area contributed by atoms with Crippen LogP contribution in [-0.4, -0.2) is 88.6 Å². The third-order valence-electron chi connectivity index (χ3n) is 7.67. The molecule has 1 aliphatic heterocycles. The van der Waals surface area contributed by atoms with Crippen molar-refractivity contribution < 1.29 is 44.5 Å². The Hall–Kier alpha value is -1.07. The molecular formula is C30H56O9. The molecule has 0 unspecified atom stereocenters. The summed E-state index contributed by atoms with van der Waals surface area (Å²) >= 11 is 0. The maximum atomic E-state index is 12.3. The molecule has 5 N–H and O–H groups in total. The smallest absolute Gasteiger partial charge is 0.305 e. The molecule has 0 saturated carbocycles. The van der Waals surface area contributed by atoms with Gasteiger partial charge in [-0.05, 0) is 38.5 Å². The van der Waals surface area contributed by atoms with Crippen LogP contribution in [-0.2, 0) is 19.0 Å². The van der Waals surface area contributed by atoms with E-state index in [-0.39, 0.29) is 25.8 Å². The van der Waals surface area contributed by atoms with Crippen LogP contribution in [0.2, 0.25) is 0 Å². The van der Waals surface area contributed by atoms with Crippen molar-refractivity contribution in [3.8, 4) is 0 Å². The first-order chi connectivity index (χ1) is 18.8. The highest BCUT2D eigenvalue weighted by atomic mass is 16.7. The monoisotopic (exact) mass is 560 g/mol. The SMILES string of the molecule is CCCCCCCC/C=C\CCCCCCCC(=O)OC[C@](CC)(CO)CO[C@H]1O[C@H](CO)[C@@H](O)[C@H](O)[C@H]1O. The summed E-state index contributed by atoms with van der Waals surface area (Å²) in [7, 11) is 0. The van der Waals surface area contributed by atoms with E-state index < -0.39 is 42.7 Å². The fourth-order valence-electron chi connectivity index (χ4n) is 4.56. The van der Waals surface area contributed by atoms with Crippen molar-refractivity contribution >= 4 is 5.97 Å². The number of hydrogen-bond acceptors (Lipinski definition) is 9. The molecule has 6 atom stereocenters. The maximum Gasteiger partial charge on any atom is 0.305 e. The van der Waals surface area contributed by atoms with E-state index in [9.17, 15) is 30.3 Å². The Balaban J connectivity index is 2.19. The Morgan fingerprint density at radius 1 is 0.795 bits per heavy atom. The molecule has 1 heterocycles. The molecule has 0 radical (unpaired) electrons. The fourth-order valence-corrected chi connectivity index (χ4v) is 4.56. The van der Waals surface area contributed by atoms with E-state index in [0.29, 0.717) is 12.8 Å². The minimum atomic E-state index is -1.55. The summed E-state index contributed by atoms with van der Waals surface area (Å²) in [6, 6.07) is 0. The average molecular weight is 561 g/mol. The predicted octanol–water partition coefficient (Wildman–Crippen LogP) is 3.77. The van der Waals surface area contributed by atoms with Gasteiger partial charge in [-0.3, -0.25) is 4.79 Å². The standard InChI is InChI=1S/C30H56O9/c1-3-5-6-7-8-9-10-11-12-13-14-15-16-17-18-19-25(33)37-22-30(4-2,21-32)23-38-29-28(36)27(35)26(34)24(20-31)39-29/h11-12,24,26-29,31-32,34-36H,3-10,13-23H2,1-2H3/b12-11-/t24-,26-,27+,28-,29+,30+/m1/s1. The second-order valence-corrected chi connectivity index (χ2v) is 11.0. The van der Waals surface area contributed by atoms with Gasteiger partial charge in [-0.2, -0.15) is 0 Å². The van der Waals surface area contributed by atoms with E-state index in [1.807, 2.05) is 6.92 Å². The summed E-state index contributed by atoms with van der Waals surface area (Å²) < 4.78 is 16.4. The summed E-state index contributed by atoms with van der Waals surface area (Å²) in [5.41, 5.74) is -0.906. The van der Waals surface area contributed by atoms with Crippen LogP contribution in [0.4, 0.5) is 0 Å². The summed E-state index contributed by atoms with van der Waals surface area (Å²) in [6.45, 7) is 3.03. The van der Waals surface area contributed by atoms with Crippen molar-refractivity contribution in [2.24, 2.45) is 5.41 Å². The van der Waals surface area contributed by atoms with Gasteiger partial charge >= 0.3 is 5.97 Å². The number of hydrogen-bond donors (Lipinski definition) is 5. The van der Waals surface area contributed by atoms with E-state index >= 15 is 0 Å². The van der Waals surface area contributed by atoms with Gasteiger partial charge in [0, 0.05) is 6.42 Å². The van der Waals surface area contributed by atoms with Gasteiger partial charge in [0.05, 0.1) is 25.2 Å². The van der Waals surface area contributed by atoms with E-state index in [2.05, 4.69) is 19.1 Å². The number of rotatable bonds is 23. The van der Waals surface area contributed by atoms with Crippen LogP contribution in [0.25, 0.3) is 0 Å². The van der Waals surface area contributed by atoms with Crippen LogP contribution in [0, 0.1) is 5.41 Å². The topological polar surface area (TPSA) is 146 Å². The van der Waals surface area contributed by atoms with Gasteiger partial charge < -0.3 is 39.7 Å². The van der Waals surface area contributed by atoms with Crippen LogP contribution in [0.3, 0.4) is 0 Å². The van der Waals surface area contributed by atoms with Crippen LogP contribution >= 0.6 is 0 Å². The Kier molecular flexibility index (Phi) is 20.0. The van der Waals surface area contributed by atoms with Crippen LogP contribution < -0.4 is 0 Å². The number of esters is 1. The zero-order chi connectivity index (χ0) is 28.9. The van der Waals surface area contributed by atoms with Gasteiger partial charge in [0.15, 0.2) is 6.29 Å². The van der Waals surface area contributed by atoms with Gasteiger partial charge in [0.2, 0.25) is 0 Å². The number of aliphatic hydroxyl groups is 5. The lowest BCUT2D eigenvalue weighted by molar-refractivity contribution is -0.307. The molecule has 230 valence electrons. The normalized spacial score (nSPS) is 25.2. The Morgan fingerprint density at radius 2 is 1.38 bits per heavy atom. The molecule has 9 nitrogen and oxygen atoms in total. The Bertz CT molecular complexity index is 636. The van der Waals surface area contributed by atoms with Crippen LogP contribution in [0.15, 0.2) is 12.2 Å². The molecule has 0 spiro atoms. The number of carbonyl (C=O) groups is 1. The quantitative estimate of drug-likeness (QED) is 0.0716.